The van der Waals surface area contributed by atoms with Crippen LogP contribution in [0.5, 0.6) is 0 Å². The number of nitrogens with zero attached hydrogens (tertiary/aromatic N) is 2. The van der Waals surface area contributed by atoms with Crippen LogP contribution in [0.4, 0.5) is 34.1 Å². The molecule has 3 heterocycles. The highest BCUT2D eigenvalue weighted by atomic mass is 16.3. The highest BCUT2D eigenvalue weighted by Gasteiger charge is 2.51. The van der Waals surface area contributed by atoms with Crippen molar-refractivity contribution >= 4 is 68.4 Å². The minimum atomic E-state index is -0.144. The number of anilines is 6. The van der Waals surface area contributed by atoms with E-state index in [1.54, 1.807) is 5.56 Å². The summed E-state index contributed by atoms with van der Waals surface area (Å²) in [6.45, 7) is 36.1. The molecule has 1 aromatic heterocycles. The molecule has 13 rings (SSSR count). The zero-order valence-electron chi connectivity index (χ0n) is 45.7. The lowest BCUT2D eigenvalue weighted by Gasteiger charge is -2.47. The van der Waals surface area contributed by atoms with Crippen molar-refractivity contribution in [3.63, 3.8) is 0 Å². The highest BCUT2D eigenvalue weighted by molar-refractivity contribution is 7.00. The van der Waals surface area contributed by atoms with E-state index in [1.165, 1.54) is 121 Å². The molecule has 7 aromatic rings. The van der Waals surface area contributed by atoms with E-state index in [4.69, 9.17) is 4.42 Å². The zero-order valence-corrected chi connectivity index (χ0v) is 45.7. The fourth-order valence-corrected chi connectivity index (χ4v) is 13.9. The third-order valence-electron chi connectivity index (χ3n) is 18.8. The molecule has 0 amide bonds. The maximum atomic E-state index is 7.77. The zero-order chi connectivity index (χ0) is 50.1. The van der Waals surface area contributed by atoms with Gasteiger partial charge in [-0.3, -0.25) is 0 Å². The molecule has 4 heteroatoms. The average molecular weight is 937 g/mol. The van der Waals surface area contributed by atoms with Gasteiger partial charge in [-0.2, -0.15) is 0 Å². The van der Waals surface area contributed by atoms with Gasteiger partial charge < -0.3 is 14.2 Å². The van der Waals surface area contributed by atoms with Crippen LogP contribution >= 0.6 is 0 Å². The van der Waals surface area contributed by atoms with Gasteiger partial charge in [0.1, 0.15) is 5.58 Å². The van der Waals surface area contributed by atoms with E-state index in [2.05, 4.69) is 223 Å². The molecule has 71 heavy (non-hydrogen) atoms. The third kappa shape index (κ3) is 7.10. The highest BCUT2D eigenvalue weighted by Crippen LogP contribution is 2.57. The van der Waals surface area contributed by atoms with Gasteiger partial charge in [0.25, 0.3) is 6.71 Å². The topological polar surface area (TPSA) is 19.6 Å². The van der Waals surface area contributed by atoms with E-state index >= 15 is 0 Å². The van der Waals surface area contributed by atoms with Gasteiger partial charge in [0.15, 0.2) is 0 Å². The van der Waals surface area contributed by atoms with Crippen LogP contribution in [0.2, 0.25) is 0 Å². The minimum absolute atomic E-state index is 0.0136. The summed E-state index contributed by atoms with van der Waals surface area (Å²) in [6.07, 6.45) is 7.43. The van der Waals surface area contributed by atoms with Crippen LogP contribution in [-0.2, 0) is 32.5 Å². The van der Waals surface area contributed by atoms with Crippen LogP contribution in [0.1, 0.15) is 187 Å². The molecule has 6 aliphatic rings. The van der Waals surface area contributed by atoms with Crippen molar-refractivity contribution in [3.05, 3.63) is 148 Å². The van der Waals surface area contributed by atoms with Gasteiger partial charge in [-0.1, -0.05) is 158 Å². The van der Waals surface area contributed by atoms with Crippen LogP contribution < -0.4 is 26.4 Å². The van der Waals surface area contributed by atoms with Crippen molar-refractivity contribution in [3.8, 4) is 11.1 Å². The second kappa shape index (κ2) is 15.3. The first-order valence-corrected chi connectivity index (χ1v) is 27.2. The van der Waals surface area contributed by atoms with Crippen LogP contribution in [0.3, 0.4) is 0 Å². The van der Waals surface area contributed by atoms with E-state index in [1.807, 2.05) is 0 Å². The van der Waals surface area contributed by atoms with Gasteiger partial charge in [-0.05, 0) is 193 Å². The standard InChI is InChI=1S/C67H77BN2O/c1-40-41-27-29-67(15,30-28-41)50-36-49-58(37-47(40)50)71-61-60(49)69(46-24-21-43(22-25-46)62(2,3)4)56-34-45(64(8,9)10)35-57-59(56)68(61)53-38-51-52(66(13,14)32-31-65(51,11)12)39-55(53)70(57)54-26-23-44(63(5,6)7)33-48(54)42-19-17-16-18-20-42/h16-26,33-41H,27-32H2,1-15H3. The Hall–Kier alpha value is -5.48. The van der Waals surface area contributed by atoms with Crippen LogP contribution in [-0.4, -0.2) is 6.71 Å². The molecule has 0 radical (unpaired) electrons. The van der Waals surface area contributed by atoms with Gasteiger partial charge in [0.05, 0.1) is 17.0 Å². The van der Waals surface area contributed by atoms with E-state index in [9.17, 15) is 0 Å². The molecule has 1 saturated carbocycles. The van der Waals surface area contributed by atoms with Gasteiger partial charge in [0.2, 0.25) is 0 Å². The minimum Gasteiger partial charge on any atom is -0.468 e. The van der Waals surface area contributed by atoms with Crippen LogP contribution in [0, 0.1) is 5.92 Å². The van der Waals surface area contributed by atoms with Gasteiger partial charge in [0, 0.05) is 33.7 Å². The maximum absolute atomic E-state index is 7.77. The molecule has 0 N–H and O–H groups in total. The number of rotatable bonds is 3. The SMILES string of the molecule is CC1c2cc3oc4c(c3cc2C2(C)CCC1CC2)N(c1ccc(C(C)(C)C)cc1)c1cc(C(C)(C)C)cc2c1B4c1cc3c(cc1N2c1ccc(C(C)(C)C)cc1-c1ccccc1)C(C)(C)CCC3(C)C. The van der Waals surface area contributed by atoms with E-state index in [-0.39, 0.29) is 39.2 Å². The third-order valence-corrected chi connectivity index (χ3v) is 18.8. The Morgan fingerprint density at radius 2 is 1.14 bits per heavy atom. The normalized spacial score (nSPS) is 21.9. The molecule has 2 aliphatic heterocycles. The van der Waals surface area contributed by atoms with E-state index in [0.717, 1.165) is 30.0 Å². The Bertz CT molecular complexity index is 3300. The number of hydrogen-bond acceptors (Lipinski definition) is 3. The van der Waals surface area contributed by atoms with Crippen molar-refractivity contribution in [2.45, 2.75) is 181 Å². The number of hydrogen-bond donors (Lipinski definition) is 0. The molecule has 2 bridgehead atoms. The molecular weight excluding hydrogens is 860 g/mol. The lowest BCUT2D eigenvalue weighted by Crippen LogP contribution is -2.61. The van der Waals surface area contributed by atoms with Gasteiger partial charge in [-0.15, -0.1) is 0 Å². The Labute approximate surface area is 426 Å². The molecule has 1 unspecified atom stereocenters. The fourth-order valence-electron chi connectivity index (χ4n) is 13.9. The lowest BCUT2D eigenvalue weighted by molar-refractivity contribution is 0.248. The Balaban J connectivity index is 1.24. The van der Waals surface area contributed by atoms with Crippen molar-refractivity contribution in [1.82, 2.24) is 0 Å². The largest absolute Gasteiger partial charge is 0.468 e. The number of benzene rings is 6. The molecule has 0 saturated heterocycles. The summed E-state index contributed by atoms with van der Waals surface area (Å²) in [5.74, 6) is 1.23. The predicted octanol–water partition coefficient (Wildman–Crippen LogP) is 17.0. The first-order valence-electron chi connectivity index (χ1n) is 27.2. The average Bonchev–Trinajstić information content (AvgIpc) is 3.61. The van der Waals surface area contributed by atoms with Crippen molar-refractivity contribution in [1.29, 1.82) is 0 Å². The Morgan fingerprint density at radius 1 is 0.549 bits per heavy atom. The molecule has 364 valence electrons. The summed E-state index contributed by atoms with van der Waals surface area (Å²) >= 11 is 0. The summed E-state index contributed by atoms with van der Waals surface area (Å²) < 4.78 is 7.77. The fraction of sp³-hybridized carbons (Fsp3) is 0.433. The maximum Gasteiger partial charge on any atom is 0.297 e. The molecule has 1 atom stereocenters. The first-order chi connectivity index (χ1) is 33.3. The van der Waals surface area contributed by atoms with E-state index < -0.39 is 0 Å². The molecule has 6 aromatic carbocycles. The van der Waals surface area contributed by atoms with Crippen molar-refractivity contribution in [2.75, 3.05) is 9.80 Å². The summed E-state index contributed by atoms with van der Waals surface area (Å²) in [7, 11) is 0. The summed E-state index contributed by atoms with van der Waals surface area (Å²) in [5.41, 5.74) is 24.7. The summed E-state index contributed by atoms with van der Waals surface area (Å²) in [6, 6.07) is 43.6. The number of fused-ring (bicyclic) bond motifs is 9. The molecule has 0 spiro atoms. The second-order valence-corrected chi connectivity index (χ2v) is 27.6. The monoisotopic (exact) mass is 937 g/mol. The summed E-state index contributed by atoms with van der Waals surface area (Å²) in [5, 5.41) is 1.25. The van der Waals surface area contributed by atoms with Gasteiger partial charge >= 0.3 is 0 Å². The summed E-state index contributed by atoms with van der Waals surface area (Å²) in [4.78, 5) is 5.34. The predicted molar refractivity (Wildman–Crippen MR) is 305 cm³/mol. The van der Waals surface area contributed by atoms with Crippen molar-refractivity contribution < 1.29 is 4.42 Å². The smallest absolute Gasteiger partial charge is 0.297 e. The number of furan rings is 1. The quantitative estimate of drug-likeness (QED) is 0.165. The van der Waals surface area contributed by atoms with Crippen LogP contribution in [0.15, 0.2) is 114 Å². The van der Waals surface area contributed by atoms with E-state index in [0.29, 0.717) is 5.92 Å². The Kier molecular flexibility index (Phi) is 10.0. The Morgan fingerprint density at radius 3 is 1.76 bits per heavy atom. The molecular formula is C67H77BN2O. The van der Waals surface area contributed by atoms with Crippen molar-refractivity contribution in [2.24, 2.45) is 5.92 Å². The van der Waals surface area contributed by atoms with Gasteiger partial charge in [-0.25, -0.2) is 0 Å². The van der Waals surface area contributed by atoms with Crippen LogP contribution in [0.25, 0.3) is 22.1 Å². The molecule has 3 nitrogen and oxygen atoms in total. The molecule has 1 fully saturated rings. The second-order valence-electron chi connectivity index (χ2n) is 27.6. The first kappa shape index (κ1) is 46.6. The lowest BCUT2D eigenvalue weighted by atomic mass is 9.35. The molecule has 4 aliphatic carbocycles.